The number of ketones is 1. The van der Waals surface area contributed by atoms with Gasteiger partial charge in [-0.3, -0.25) is 4.79 Å². The highest BCUT2D eigenvalue weighted by molar-refractivity contribution is 6.23. The Hall–Kier alpha value is -4.17. The van der Waals surface area contributed by atoms with E-state index in [0.717, 1.165) is 44.0 Å². The van der Waals surface area contributed by atoms with Gasteiger partial charge in [0, 0.05) is 5.56 Å². The van der Waals surface area contributed by atoms with Crippen molar-refractivity contribution in [2.75, 3.05) is 0 Å². The first-order valence-corrected chi connectivity index (χ1v) is 10.7. The van der Waals surface area contributed by atoms with Gasteiger partial charge in [-0.25, -0.2) is 0 Å². The number of ether oxygens (including phenoxy) is 1. The standard InChI is InChI=1S/C30H22O2/c31-29(30-27-12-6-4-10-24(27)20-25-11-5-7-13-28(25)30)19-16-22-14-17-26(18-15-22)32-21-23-8-2-1-3-9-23/h1-20H,21H2. The second-order valence-corrected chi connectivity index (χ2v) is 7.73. The maximum atomic E-state index is 13.3. The minimum Gasteiger partial charge on any atom is -0.489 e. The van der Waals surface area contributed by atoms with Gasteiger partial charge in [0.2, 0.25) is 0 Å². The van der Waals surface area contributed by atoms with Gasteiger partial charge in [0.05, 0.1) is 0 Å². The van der Waals surface area contributed by atoms with Gasteiger partial charge in [0.15, 0.2) is 5.78 Å². The zero-order chi connectivity index (χ0) is 21.8. The van der Waals surface area contributed by atoms with Crippen LogP contribution in [0.1, 0.15) is 21.5 Å². The summed E-state index contributed by atoms with van der Waals surface area (Å²) in [5.41, 5.74) is 2.83. The molecule has 32 heavy (non-hydrogen) atoms. The highest BCUT2D eigenvalue weighted by Gasteiger charge is 2.12. The molecule has 0 radical (unpaired) electrons. The van der Waals surface area contributed by atoms with E-state index in [1.165, 1.54) is 0 Å². The van der Waals surface area contributed by atoms with Crippen LogP contribution in [-0.2, 0) is 6.61 Å². The fourth-order valence-corrected chi connectivity index (χ4v) is 3.95. The molecule has 0 heterocycles. The number of carbonyl (C=O) groups excluding carboxylic acids is 1. The summed E-state index contributed by atoms with van der Waals surface area (Å²) in [6, 6.07) is 36.1. The fraction of sp³-hybridized carbons (Fsp3) is 0.0333. The van der Waals surface area contributed by atoms with Crippen LogP contribution in [0.4, 0.5) is 0 Å². The third kappa shape index (κ3) is 4.17. The van der Waals surface area contributed by atoms with Crippen molar-refractivity contribution < 1.29 is 9.53 Å². The van der Waals surface area contributed by atoms with Crippen LogP contribution in [0.3, 0.4) is 0 Å². The Morgan fingerprint density at radius 3 is 1.94 bits per heavy atom. The Kier molecular flexibility index (Phi) is 5.50. The molecule has 0 aliphatic carbocycles. The largest absolute Gasteiger partial charge is 0.489 e. The Labute approximate surface area is 187 Å². The van der Waals surface area contributed by atoms with E-state index in [2.05, 4.69) is 18.2 Å². The first-order valence-electron chi connectivity index (χ1n) is 10.7. The Morgan fingerprint density at radius 2 is 1.28 bits per heavy atom. The van der Waals surface area contributed by atoms with Crippen LogP contribution in [0.5, 0.6) is 5.75 Å². The summed E-state index contributed by atoms with van der Waals surface area (Å²) in [5.74, 6) is 0.805. The van der Waals surface area contributed by atoms with Gasteiger partial charge in [-0.2, -0.15) is 0 Å². The summed E-state index contributed by atoms with van der Waals surface area (Å²) in [4.78, 5) is 13.3. The number of rotatable bonds is 6. The van der Waals surface area contributed by atoms with Gasteiger partial charge in [-0.15, -0.1) is 0 Å². The Bertz CT molecular complexity index is 1360. The third-order valence-corrected chi connectivity index (χ3v) is 5.57. The third-order valence-electron chi connectivity index (χ3n) is 5.57. The van der Waals surface area contributed by atoms with Crippen LogP contribution in [0.25, 0.3) is 27.6 Å². The molecule has 0 unspecified atom stereocenters. The first kappa shape index (κ1) is 19.8. The lowest BCUT2D eigenvalue weighted by molar-refractivity contribution is 0.105. The van der Waals surface area contributed by atoms with E-state index < -0.39 is 0 Å². The summed E-state index contributed by atoms with van der Waals surface area (Å²) in [5, 5.41) is 4.10. The van der Waals surface area contributed by atoms with Gasteiger partial charge in [-0.05, 0) is 56.9 Å². The van der Waals surface area contributed by atoms with Crippen LogP contribution in [0.2, 0.25) is 0 Å². The molecule has 0 amide bonds. The van der Waals surface area contributed by atoms with Crippen LogP contribution in [0.15, 0.2) is 115 Å². The molecule has 0 saturated heterocycles. The molecule has 2 nitrogen and oxygen atoms in total. The van der Waals surface area contributed by atoms with E-state index in [0.29, 0.717) is 6.61 Å². The molecule has 0 N–H and O–H groups in total. The first-order chi connectivity index (χ1) is 15.8. The van der Waals surface area contributed by atoms with Crippen molar-refractivity contribution in [3.8, 4) is 5.75 Å². The van der Waals surface area contributed by atoms with Crippen molar-refractivity contribution in [2.24, 2.45) is 0 Å². The van der Waals surface area contributed by atoms with Crippen molar-refractivity contribution in [3.63, 3.8) is 0 Å². The zero-order valence-corrected chi connectivity index (χ0v) is 17.6. The lowest BCUT2D eigenvalue weighted by atomic mass is 9.94. The average Bonchev–Trinajstić information content (AvgIpc) is 2.86. The van der Waals surface area contributed by atoms with E-state index in [9.17, 15) is 4.79 Å². The molecule has 0 aromatic heterocycles. The lowest BCUT2D eigenvalue weighted by Gasteiger charge is -2.09. The van der Waals surface area contributed by atoms with Crippen molar-refractivity contribution >= 4 is 33.4 Å². The van der Waals surface area contributed by atoms with Crippen molar-refractivity contribution in [3.05, 3.63) is 132 Å². The van der Waals surface area contributed by atoms with Crippen LogP contribution >= 0.6 is 0 Å². The molecule has 154 valence electrons. The second-order valence-electron chi connectivity index (χ2n) is 7.73. The van der Waals surface area contributed by atoms with Gasteiger partial charge >= 0.3 is 0 Å². The molecule has 5 rings (SSSR count). The molecular weight excluding hydrogens is 392 g/mol. The number of hydrogen-bond acceptors (Lipinski definition) is 2. The Morgan fingerprint density at radius 1 is 0.688 bits per heavy atom. The lowest BCUT2D eigenvalue weighted by Crippen LogP contribution is -1.98. The SMILES string of the molecule is O=C(C=Cc1ccc(OCc2ccccc2)cc1)c1c2ccccc2cc2ccccc12. The molecule has 0 spiro atoms. The zero-order valence-electron chi connectivity index (χ0n) is 17.6. The maximum Gasteiger partial charge on any atom is 0.187 e. The molecule has 0 atom stereocenters. The summed E-state index contributed by atoms with van der Waals surface area (Å²) in [6.07, 6.45) is 3.52. The van der Waals surface area contributed by atoms with Crippen molar-refractivity contribution in [1.29, 1.82) is 0 Å². The summed E-state index contributed by atoms with van der Waals surface area (Å²) >= 11 is 0. The predicted octanol–water partition coefficient (Wildman–Crippen LogP) is 7.47. The topological polar surface area (TPSA) is 26.3 Å². The molecule has 0 saturated carbocycles. The normalized spacial score (nSPS) is 11.2. The molecule has 5 aromatic rings. The summed E-state index contributed by atoms with van der Waals surface area (Å²) in [6.45, 7) is 0.530. The number of allylic oxidation sites excluding steroid dienone is 1. The molecular formula is C30H22O2. The number of fused-ring (bicyclic) bond motifs is 2. The number of hydrogen-bond donors (Lipinski definition) is 0. The van der Waals surface area contributed by atoms with Crippen LogP contribution in [-0.4, -0.2) is 5.78 Å². The second kappa shape index (κ2) is 8.91. The maximum absolute atomic E-state index is 13.3. The minimum atomic E-state index is 0.00223. The number of carbonyl (C=O) groups is 1. The van der Waals surface area contributed by atoms with Crippen LogP contribution < -0.4 is 4.74 Å². The van der Waals surface area contributed by atoms with E-state index in [4.69, 9.17) is 4.74 Å². The number of benzene rings is 5. The van der Waals surface area contributed by atoms with Gasteiger partial charge in [0.1, 0.15) is 12.4 Å². The van der Waals surface area contributed by atoms with Crippen molar-refractivity contribution in [1.82, 2.24) is 0 Å². The highest BCUT2D eigenvalue weighted by atomic mass is 16.5. The Balaban J connectivity index is 1.38. The van der Waals surface area contributed by atoms with E-state index >= 15 is 0 Å². The van der Waals surface area contributed by atoms with Gasteiger partial charge in [-0.1, -0.05) is 97.1 Å². The van der Waals surface area contributed by atoms with E-state index in [1.807, 2.05) is 97.1 Å². The van der Waals surface area contributed by atoms with Gasteiger partial charge in [0.25, 0.3) is 0 Å². The molecule has 2 heteroatoms. The van der Waals surface area contributed by atoms with Crippen LogP contribution in [0, 0.1) is 0 Å². The molecule has 0 aliphatic heterocycles. The molecule has 5 aromatic carbocycles. The molecule has 0 fully saturated rings. The summed E-state index contributed by atoms with van der Waals surface area (Å²) in [7, 11) is 0. The summed E-state index contributed by atoms with van der Waals surface area (Å²) < 4.78 is 5.85. The predicted molar refractivity (Wildman–Crippen MR) is 132 cm³/mol. The minimum absolute atomic E-state index is 0.00223. The monoisotopic (exact) mass is 414 g/mol. The average molecular weight is 415 g/mol. The fourth-order valence-electron chi connectivity index (χ4n) is 3.95. The molecule has 0 aliphatic rings. The van der Waals surface area contributed by atoms with Gasteiger partial charge < -0.3 is 4.74 Å². The van der Waals surface area contributed by atoms with E-state index in [1.54, 1.807) is 6.08 Å². The van der Waals surface area contributed by atoms with Crippen molar-refractivity contribution in [2.45, 2.75) is 6.61 Å². The highest BCUT2D eigenvalue weighted by Crippen LogP contribution is 2.29. The van der Waals surface area contributed by atoms with E-state index in [-0.39, 0.29) is 5.78 Å². The quantitative estimate of drug-likeness (QED) is 0.164. The smallest absolute Gasteiger partial charge is 0.187 e. The molecule has 0 bridgehead atoms.